The van der Waals surface area contributed by atoms with Gasteiger partial charge >= 0.3 is 6.03 Å². The molecule has 1 aromatic heterocycles. The van der Waals surface area contributed by atoms with Crippen molar-refractivity contribution in [2.24, 2.45) is 0 Å². The van der Waals surface area contributed by atoms with Gasteiger partial charge in [0.1, 0.15) is 5.75 Å². The molecule has 0 bridgehead atoms. The third kappa shape index (κ3) is 6.35. The molecule has 10 heteroatoms. The van der Waals surface area contributed by atoms with Crippen molar-refractivity contribution in [3.63, 3.8) is 0 Å². The number of thiazole rings is 1. The Morgan fingerprint density at radius 2 is 1.87 bits per heavy atom. The number of ether oxygens (including phenoxy) is 1. The number of methoxy groups -OCH3 is 1. The molecule has 3 N–H and O–H groups in total. The Morgan fingerprint density at radius 3 is 2.63 bits per heavy atom. The van der Waals surface area contributed by atoms with Crippen molar-refractivity contribution >= 4 is 63.0 Å². The van der Waals surface area contributed by atoms with Crippen molar-refractivity contribution in [3.8, 4) is 5.75 Å². The van der Waals surface area contributed by atoms with Crippen LogP contribution in [0.2, 0.25) is 10.0 Å². The molecule has 0 radical (unpaired) electrons. The lowest BCUT2D eigenvalue weighted by molar-refractivity contribution is -0.116. The molecule has 1 heterocycles. The first kappa shape index (κ1) is 21.9. The lowest BCUT2D eigenvalue weighted by Gasteiger charge is -2.10. The molecule has 0 spiro atoms. The van der Waals surface area contributed by atoms with Crippen LogP contribution in [-0.4, -0.2) is 24.0 Å². The predicted octanol–water partition coefficient (Wildman–Crippen LogP) is 5.67. The molecule has 3 amide bonds. The van der Waals surface area contributed by atoms with Gasteiger partial charge in [-0.3, -0.25) is 10.1 Å². The van der Waals surface area contributed by atoms with E-state index in [1.807, 2.05) is 0 Å². The number of benzene rings is 2. The maximum Gasteiger partial charge on any atom is 0.325 e. The lowest BCUT2D eigenvalue weighted by Crippen LogP contribution is -2.19. The Bertz CT molecular complexity index is 1060. The number of aromatic nitrogens is 1. The van der Waals surface area contributed by atoms with Crippen LogP contribution in [0.3, 0.4) is 0 Å². The third-order valence-electron chi connectivity index (χ3n) is 3.90. The van der Waals surface area contributed by atoms with Gasteiger partial charge in [0.2, 0.25) is 5.91 Å². The topological polar surface area (TPSA) is 92.4 Å². The van der Waals surface area contributed by atoms with Crippen LogP contribution in [0.25, 0.3) is 0 Å². The van der Waals surface area contributed by atoms with Gasteiger partial charge in [-0.05, 0) is 42.8 Å². The van der Waals surface area contributed by atoms with E-state index in [4.69, 9.17) is 27.9 Å². The van der Waals surface area contributed by atoms with E-state index in [9.17, 15) is 9.59 Å². The van der Waals surface area contributed by atoms with Gasteiger partial charge in [-0.25, -0.2) is 9.78 Å². The minimum atomic E-state index is -0.427. The van der Waals surface area contributed by atoms with Gasteiger partial charge in [0.15, 0.2) is 5.13 Å². The zero-order valence-corrected chi connectivity index (χ0v) is 18.2. The number of urea groups is 1. The van der Waals surface area contributed by atoms with Gasteiger partial charge in [0.25, 0.3) is 0 Å². The van der Waals surface area contributed by atoms with Gasteiger partial charge in [0.05, 0.1) is 18.5 Å². The van der Waals surface area contributed by atoms with E-state index in [0.717, 1.165) is 0 Å². The fraction of sp³-hybridized carbons (Fsp3) is 0.150. The molecule has 0 unspecified atom stereocenters. The number of nitrogens with zero attached hydrogens (tertiary/aromatic N) is 1. The highest BCUT2D eigenvalue weighted by Crippen LogP contribution is 2.28. The Labute approximate surface area is 187 Å². The summed E-state index contributed by atoms with van der Waals surface area (Å²) in [7, 11) is 1.52. The molecule has 0 saturated heterocycles. The van der Waals surface area contributed by atoms with Crippen LogP contribution in [0.5, 0.6) is 5.75 Å². The molecule has 0 aliphatic heterocycles. The van der Waals surface area contributed by atoms with Crippen LogP contribution in [-0.2, 0) is 11.2 Å². The quantitative estimate of drug-likeness (QED) is 0.419. The summed E-state index contributed by atoms with van der Waals surface area (Å²) in [6.07, 6.45) is 0.635. The summed E-state index contributed by atoms with van der Waals surface area (Å²) in [5.74, 6) is 0.329. The highest BCUT2D eigenvalue weighted by molar-refractivity contribution is 7.13. The van der Waals surface area contributed by atoms with E-state index >= 15 is 0 Å². The molecule has 0 aliphatic rings. The zero-order valence-electron chi connectivity index (χ0n) is 15.9. The van der Waals surface area contributed by atoms with Gasteiger partial charge in [-0.2, -0.15) is 0 Å². The Morgan fingerprint density at radius 1 is 1.07 bits per heavy atom. The number of amides is 3. The van der Waals surface area contributed by atoms with Gasteiger partial charge in [-0.15, -0.1) is 11.3 Å². The van der Waals surface area contributed by atoms with Crippen LogP contribution in [0, 0.1) is 0 Å². The van der Waals surface area contributed by atoms with E-state index < -0.39 is 6.03 Å². The average molecular weight is 465 g/mol. The molecule has 7 nitrogen and oxygen atoms in total. The normalized spacial score (nSPS) is 10.4. The number of hydrogen-bond acceptors (Lipinski definition) is 5. The number of carbonyl (C=O) groups excluding carboxylic acids is 2. The van der Waals surface area contributed by atoms with Crippen molar-refractivity contribution < 1.29 is 14.3 Å². The summed E-state index contributed by atoms with van der Waals surface area (Å²) in [5, 5.41) is 11.4. The SMILES string of the molecule is COc1ccc(Cl)cc1NC(=O)CCc1csc(NC(=O)Nc2cccc(Cl)c2)n1. The number of nitrogens with one attached hydrogen (secondary N) is 3. The lowest BCUT2D eigenvalue weighted by atomic mass is 10.2. The van der Waals surface area contributed by atoms with E-state index in [1.165, 1.54) is 18.4 Å². The van der Waals surface area contributed by atoms with Gasteiger partial charge in [0, 0.05) is 27.5 Å². The van der Waals surface area contributed by atoms with Gasteiger partial charge < -0.3 is 15.4 Å². The van der Waals surface area contributed by atoms with Gasteiger partial charge in [-0.1, -0.05) is 29.3 Å². The molecule has 156 valence electrons. The number of anilines is 3. The summed E-state index contributed by atoms with van der Waals surface area (Å²) in [4.78, 5) is 28.7. The Hall–Kier alpha value is -2.81. The number of hydrogen-bond donors (Lipinski definition) is 3. The summed E-state index contributed by atoms with van der Waals surface area (Å²) in [6, 6.07) is 11.4. The van der Waals surface area contributed by atoms with Crippen molar-refractivity contribution in [2.45, 2.75) is 12.8 Å². The van der Waals surface area contributed by atoms with Crippen LogP contribution in [0.1, 0.15) is 12.1 Å². The summed E-state index contributed by atoms with van der Waals surface area (Å²) in [6.45, 7) is 0. The molecular weight excluding hydrogens is 447 g/mol. The molecule has 30 heavy (non-hydrogen) atoms. The highest BCUT2D eigenvalue weighted by atomic mass is 35.5. The van der Waals surface area contributed by atoms with Crippen LogP contribution >= 0.6 is 34.5 Å². The fourth-order valence-corrected chi connectivity index (χ4v) is 3.64. The first-order valence-corrected chi connectivity index (χ1v) is 10.5. The maximum atomic E-state index is 12.3. The van der Waals surface area contributed by atoms with E-state index in [0.29, 0.717) is 44.4 Å². The number of aryl methyl sites for hydroxylation is 1. The molecule has 0 atom stereocenters. The van der Waals surface area contributed by atoms with E-state index in [-0.39, 0.29) is 12.3 Å². The van der Waals surface area contributed by atoms with Crippen molar-refractivity contribution in [2.75, 3.05) is 23.1 Å². The minimum absolute atomic E-state index is 0.197. The van der Waals surface area contributed by atoms with Crippen molar-refractivity contribution in [3.05, 3.63) is 63.6 Å². The van der Waals surface area contributed by atoms with Crippen LogP contribution in [0.4, 0.5) is 21.3 Å². The average Bonchev–Trinajstić information content (AvgIpc) is 3.14. The summed E-state index contributed by atoms with van der Waals surface area (Å²) >= 11 is 13.1. The Balaban J connectivity index is 1.50. The highest BCUT2D eigenvalue weighted by Gasteiger charge is 2.11. The molecule has 3 aromatic rings. The largest absolute Gasteiger partial charge is 0.495 e. The van der Waals surface area contributed by atoms with Crippen LogP contribution < -0.4 is 20.7 Å². The zero-order chi connectivity index (χ0) is 21.5. The molecule has 3 rings (SSSR count). The standard InChI is InChI=1S/C20H18Cl2N4O3S/c1-29-17-7-5-13(22)10-16(17)25-18(27)8-6-15-11-30-20(24-15)26-19(28)23-14-4-2-3-12(21)9-14/h2-5,7,9-11H,6,8H2,1H3,(H,25,27)(H2,23,24,26,28). The third-order valence-corrected chi connectivity index (χ3v) is 5.18. The minimum Gasteiger partial charge on any atom is -0.495 e. The Kier molecular flexibility index (Phi) is 7.51. The molecule has 2 aromatic carbocycles. The second-order valence-corrected chi connectivity index (χ2v) is 7.86. The fourth-order valence-electron chi connectivity index (χ4n) is 2.54. The second-order valence-electron chi connectivity index (χ2n) is 6.13. The van der Waals surface area contributed by atoms with Crippen molar-refractivity contribution in [1.82, 2.24) is 4.98 Å². The van der Waals surface area contributed by atoms with E-state index in [1.54, 1.807) is 47.8 Å². The molecule has 0 saturated carbocycles. The van der Waals surface area contributed by atoms with Crippen molar-refractivity contribution in [1.29, 1.82) is 0 Å². The molecule has 0 fully saturated rings. The molecular formula is C20H18Cl2N4O3S. The number of halogens is 2. The first-order chi connectivity index (χ1) is 14.4. The van der Waals surface area contributed by atoms with E-state index in [2.05, 4.69) is 20.9 Å². The van der Waals surface area contributed by atoms with Crippen LogP contribution in [0.15, 0.2) is 47.8 Å². The maximum absolute atomic E-state index is 12.3. The predicted molar refractivity (Wildman–Crippen MR) is 121 cm³/mol. The summed E-state index contributed by atoms with van der Waals surface area (Å²) < 4.78 is 5.22. The smallest absolute Gasteiger partial charge is 0.325 e. The number of rotatable bonds is 7. The molecule has 0 aliphatic carbocycles. The number of carbonyl (C=O) groups is 2. The second kappa shape index (κ2) is 10.3. The summed E-state index contributed by atoms with van der Waals surface area (Å²) in [5.41, 5.74) is 1.78. The monoisotopic (exact) mass is 464 g/mol. The first-order valence-electron chi connectivity index (χ1n) is 8.84.